The molecule has 4 heterocycles. The quantitative estimate of drug-likeness (QED) is 0.505. The summed E-state index contributed by atoms with van der Waals surface area (Å²) < 4.78 is 5.44. The van der Waals surface area contributed by atoms with Crippen LogP contribution in [-0.4, -0.2) is 76.6 Å². The van der Waals surface area contributed by atoms with Gasteiger partial charge in [0.2, 0.25) is 5.91 Å². The van der Waals surface area contributed by atoms with Crippen molar-refractivity contribution in [3.63, 3.8) is 0 Å². The van der Waals surface area contributed by atoms with E-state index in [4.69, 9.17) is 4.74 Å². The molecule has 4 rings (SSSR count). The SMILES string of the molecule is CC(C)(C)OC(=O)N1CCC(C(=O)N2CC3(CCN(c4ccc([N+](=O)[O-])nc4)CC3)C2)CC1. The van der Waals surface area contributed by atoms with Gasteiger partial charge >= 0.3 is 11.9 Å². The molecule has 33 heavy (non-hydrogen) atoms. The Bertz CT molecular complexity index is 889. The van der Waals surface area contributed by atoms with E-state index >= 15 is 0 Å². The van der Waals surface area contributed by atoms with Crippen molar-refractivity contribution in [3.8, 4) is 0 Å². The van der Waals surface area contributed by atoms with Crippen LogP contribution in [0.5, 0.6) is 0 Å². The zero-order valence-electron chi connectivity index (χ0n) is 19.7. The van der Waals surface area contributed by atoms with Crippen molar-refractivity contribution in [1.29, 1.82) is 0 Å². The van der Waals surface area contributed by atoms with Crippen molar-refractivity contribution < 1.29 is 19.2 Å². The minimum Gasteiger partial charge on any atom is -0.444 e. The zero-order chi connectivity index (χ0) is 23.8. The number of ether oxygens (including phenoxy) is 1. The molecule has 0 unspecified atom stereocenters. The Morgan fingerprint density at radius 1 is 1.09 bits per heavy atom. The highest BCUT2D eigenvalue weighted by Gasteiger charge is 2.48. The summed E-state index contributed by atoms with van der Waals surface area (Å²) in [6.45, 7) is 9.99. The zero-order valence-corrected chi connectivity index (χ0v) is 19.7. The van der Waals surface area contributed by atoms with E-state index in [0.717, 1.165) is 44.7 Å². The van der Waals surface area contributed by atoms with Crippen LogP contribution in [0.1, 0.15) is 46.5 Å². The second-order valence-electron chi connectivity index (χ2n) is 10.6. The molecule has 0 radical (unpaired) electrons. The molecular weight excluding hydrogens is 426 g/mol. The lowest BCUT2D eigenvalue weighted by molar-refractivity contribution is -0.389. The van der Waals surface area contributed by atoms with E-state index in [1.54, 1.807) is 17.2 Å². The first-order chi connectivity index (χ1) is 15.6. The number of nitro groups is 1. The summed E-state index contributed by atoms with van der Waals surface area (Å²) in [5, 5.41) is 10.8. The van der Waals surface area contributed by atoms with Crippen LogP contribution in [0.4, 0.5) is 16.3 Å². The number of nitrogens with zero attached hydrogens (tertiary/aromatic N) is 5. The van der Waals surface area contributed by atoms with Crippen molar-refractivity contribution in [2.45, 2.75) is 52.1 Å². The normalized spacial score (nSPS) is 21.0. The largest absolute Gasteiger partial charge is 0.444 e. The van der Waals surface area contributed by atoms with Gasteiger partial charge in [-0.3, -0.25) is 4.79 Å². The van der Waals surface area contributed by atoms with Crippen LogP contribution in [-0.2, 0) is 9.53 Å². The molecule has 3 aliphatic heterocycles. The van der Waals surface area contributed by atoms with E-state index in [0.29, 0.717) is 25.9 Å². The summed E-state index contributed by atoms with van der Waals surface area (Å²) in [4.78, 5) is 45.4. The maximum atomic E-state index is 13.0. The van der Waals surface area contributed by atoms with E-state index in [1.165, 1.54) is 6.07 Å². The van der Waals surface area contributed by atoms with Crippen LogP contribution in [0, 0.1) is 21.4 Å². The monoisotopic (exact) mass is 459 g/mol. The maximum Gasteiger partial charge on any atom is 0.410 e. The van der Waals surface area contributed by atoms with Gasteiger partial charge in [-0.25, -0.2) is 4.79 Å². The molecule has 3 fully saturated rings. The number of aromatic nitrogens is 1. The first-order valence-corrected chi connectivity index (χ1v) is 11.7. The lowest BCUT2D eigenvalue weighted by atomic mass is 9.71. The third-order valence-corrected chi connectivity index (χ3v) is 6.97. The van der Waals surface area contributed by atoms with Gasteiger partial charge in [-0.05, 0) is 62.4 Å². The van der Waals surface area contributed by atoms with Crippen molar-refractivity contribution in [3.05, 3.63) is 28.4 Å². The summed E-state index contributed by atoms with van der Waals surface area (Å²) in [5.74, 6) is 0.0519. The third kappa shape index (κ3) is 5.20. The number of hydrogen-bond acceptors (Lipinski definition) is 7. The second kappa shape index (κ2) is 8.79. The number of carbonyl (C=O) groups is 2. The maximum absolute atomic E-state index is 13.0. The number of likely N-dealkylation sites (tertiary alicyclic amines) is 2. The van der Waals surface area contributed by atoms with Crippen molar-refractivity contribution in [2.24, 2.45) is 11.3 Å². The number of anilines is 1. The van der Waals surface area contributed by atoms with Gasteiger partial charge in [0.05, 0.1) is 5.69 Å². The Morgan fingerprint density at radius 3 is 2.24 bits per heavy atom. The van der Waals surface area contributed by atoms with Gasteiger partial charge in [0, 0.05) is 56.7 Å². The minimum absolute atomic E-state index is 0.0210. The van der Waals surface area contributed by atoms with Crippen LogP contribution in [0.2, 0.25) is 0 Å². The molecule has 0 saturated carbocycles. The highest BCUT2D eigenvalue weighted by atomic mass is 16.6. The number of carbonyl (C=O) groups excluding carboxylic acids is 2. The Kier molecular flexibility index (Phi) is 6.20. The number of piperidine rings is 2. The van der Waals surface area contributed by atoms with Crippen LogP contribution in [0.15, 0.2) is 18.3 Å². The Balaban J connectivity index is 1.22. The smallest absolute Gasteiger partial charge is 0.410 e. The molecule has 180 valence electrons. The molecule has 1 aromatic heterocycles. The minimum atomic E-state index is -0.514. The molecule has 0 N–H and O–H groups in total. The van der Waals surface area contributed by atoms with Gasteiger partial charge in [-0.1, -0.05) is 0 Å². The standard InChI is InChI=1S/C23H33N5O5/c1-22(2,3)33-21(30)26-10-6-17(7-11-26)20(29)27-15-23(16-27)8-12-25(13-9-23)18-4-5-19(24-14-18)28(31)32/h4-5,14,17H,6-13,15-16H2,1-3H3. The highest BCUT2D eigenvalue weighted by molar-refractivity contribution is 5.80. The van der Waals surface area contributed by atoms with Gasteiger partial charge in [0.1, 0.15) is 5.60 Å². The lowest BCUT2D eigenvalue weighted by Gasteiger charge is -2.55. The molecule has 3 saturated heterocycles. The van der Waals surface area contributed by atoms with Crippen molar-refractivity contribution in [1.82, 2.24) is 14.8 Å². The average molecular weight is 460 g/mol. The number of rotatable bonds is 3. The predicted octanol–water partition coefficient (Wildman–Crippen LogP) is 3.07. The Morgan fingerprint density at radius 2 is 1.73 bits per heavy atom. The molecular formula is C23H33N5O5. The number of amides is 2. The summed E-state index contributed by atoms with van der Waals surface area (Å²) in [6, 6.07) is 3.20. The molecule has 0 aromatic carbocycles. The van der Waals surface area contributed by atoms with E-state index in [9.17, 15) is 19.7 Å². The summed E-state index contributed by atoms with van der Waals surface area (Å²) in [7, 11) is 0. The first-order valence-electron chi connectivity index (χ1n) is 11.7. The summed E-state index contributed by atoms with van der Waals surface area (Å²) in [5.41, 5.74) is 0.567. The van der Waals surface area contributed by atoms with Gasteiger partial charge in [0.25, 0.3) is 0 Å². The van der Waals surface area contributed by atoms with Crippen molar-refractivity contribution in [2.75, 3.05) is 44.2 Å². The molecule has 0 atom stereocenters. The second-order valence-corrected chi connectivity index (χ2v) is 10.6. The topological polar surface area (TPSA) is 109 Å². The fourth-order valence-electron chi connectivity index (χ4n) is 5.04. The van der Waals surface area contributed by atoms with Gasteiger partial charge in [-0.2, -0.15) is 0 Å². The van der Waals surface area contributed by atoms with E-state index in [2.05, 4.69) is 9.88 Å². The predicted molar refractivity (Wildman–Crippen MR) is 122 cm³/mol. The number of pyridine rings is 1. The number of hydrogen-bond donors (Lipinski definition) is 0. The van der Waals surface area contributed by atoms with E-state index in [1.807, 2.05) is 25.7 Å². The van der Waals surface area contributed by atoms with E-state index < -0.39 is 10.5 Å². The molecule has 1 aromatic rings. The van der Waals surface area contributed by atoms with Gasteiger partial charge < -0.3 is 29.6 Å². The van der Waals surface area contributed by atoms with Gasteiger partial charge in [0.15, 0.2) is 6.20 Å². The molecule has 0 aliphatic carbocycles. The lowest BCUT2D eigenvalue weighted by Crippen LogP contribution is -2.63. The molecule has 2 amide bonds. The van der Waals surface area contributed by atoms with Crippen LogP contribution in [0.3, 0.4) is 0 Å². The Hall–Kier alpha value is -2.91. The van der Waals surface area contributed by atoms with Gasteiger partial charge in [-0.15, -0.1) is 0 Å². The molecule has 10 nitrogen and oxygen atoms in total. The Labute approximate surface area is 194 Å². The summed E-state index contributed by atoms with van der Waals surface area (Å²) >= 11 is 0. The fourth-order valence-corrected chi connectivity index (χ4v) is 5.04. The van der Waals surface area contributed by atoms with Crippen LogP contribution < -0.4 is 4.90 Å². The van der Waals surface area contributed by atoms with Crippen LogP contribution >= 0.6 is 0 Å². The van der Waals surface area contributed by atoms with Crippen LogP contribution in [0.25, 0.3) is 0 Å². The third-order valence-electron chi connectivity index (χ3n) is 6.97. The molecule has 0 bridgehead atoms. The molecule has 10 heteroatoms. The highest BCUT2D eigenvalue weighted by Crippen LogP contribution is 2.42. The first kappa shape index (κ1) is 23.3. The average Bonchev–Trinajstić information content (AvgIpc) is 2.76. The summed E-state index contributed by atoms with van der Waals surface area (Å²) in [6.07, 6.45) is 4.61. The molecule has 3 aliphatic rings. The fraction of sp³-hybridized carbons (Fsp3) is 0.696. The van der Waals surface area contributed by atoms with Crippen molar-refractivity contribution >= 4 is 23.5 Å². The molecule has 1 spiro atoms. The van der Waals surface area contributed by atoms with E-state index in [-0.39, 0.29) is 29.2 Å².